The molecule has 1 unspecified atom stereocenters. The van der Waals surface area contributed by atoms with Crippen molar-refractivity contribution in [3.63, 3.8) is 0 Å². The maximum Gasteiger partial charge on any atom is 0.188 e. The molecule has 0 spiro atoms. The van der Waals surface area contributed by atoms with E-state index in [1.54, 1.807) is 0 Å². The number of hydrogen-bond acceptors (Lipinski definition) is 2. The summed E-state index contributed by atoms with van der Waals surface area (Å²) >= 11 is 0. The van der Waals surface area contributed by atoms with Crippen molar-refractivity contribution in [2.45, 2.75) is 52.5 Å². The van der Waals surface area contributed by atoms with E-state index >= 15 is 0 Å². The van der Waals surface area contributed by atoms with Gasteiger partial charge in [0.15, 0.2) is 5.96 Å². The Hall–Kier alpha value is -0.770. The molecule has 1 aliphatic heterocycles. The Morgan fingerprint density at radius 3 is 2.56 bits per heavy atom. The first kappa shape index (κ1) is 15.3. The van der Waals surface area contributed by atoms with Gasteiger partial charge in [0.2, 0.25) is 0 Å². The lowest BCUT2D eigenvalue weighted by atomic mass is 10.0. The van der Waals surface area contributed by atoms with Gasteiger partial charge in [-0.3, -0.25) is 9.89 Å². The van der Waals surface area contributed by atoms with Crippen LogP contribution in [0, 0.1) is 5.92 Å². The van der Waals surface area contributed by atoms with Crippen molar-refractivity contribution in [3.8, 4) is 0 Å². The van der Waals surface area contributed by atoms with Gasteiger partial charge >= 0.3 is 0 Å². The first-order valence-electron chi connectivity index (χ1n) is 7.41. The van der Waals surface area contributed by atoms with Crippen molar-refractivity contribution in [3.05, 3.63) is 0 Å². The highest BCUT2D eigenvalue weighted by molar-refractivity contribution is 5.77. The average Bonchev–Trinajstić information content (AvgIpc) is 2.85. The number of aliphatic imine (C=N–C) groups is 1. The van der Waals surface area contributed by atoms with Crippen molar-refractivity contribution < 1.29 is 0 Å². The summed E-state index contributed by atoms with van der Waals surface area (Å²) < 4.78 is 0. The van der Waals surface area contributed by atoms with E-state index in [-0.39, 0.29) is 0 Å². The summed E-state index contributed by atoms with van der Waals surface area (Å²) in [6, 6.07) is 0.564. The van der Waals surface area contributed by atoms with Crippen LogP contribution in [0.25, 0.3) is 0 Å². The number of guanidine groups is 1. The molecule has 0 aromatic rings. The Balaban J connectivity index is 2.44. The van der Waals surface area contributed by atoms with Gasteiger partial charge in [0.25, 0.3) is 0 Å². The van der Waals surface area contributed by atoms with E-state index in [1.165, 1.54) is 32.4 Å². The molecule has 106 valence electrons. The minimum Gasteiger partial charge on any atom is -0.370 e. The smallest absolute Gasteiger partial charge is 0.188 e. The lowest BCUT2D eigenvalue weighted by Crippen LogP contribution is -2.38. The zero-order valence-corrected chi connectivity index (χ0v) is 12.3. The van der Waals surface area contributed by atoms with Crippen LogP contribution in [0.3, 0.4) is 0 Å². The average molecular weight is 254 g/mol. The second kappa shape index (κ2) is 8.35. The Morgan fingerprint density at radius 2 is 2.00 bits per heavy atom. The van der Waals surface area contributed by atoms with Crippen LogP contribution in [0.15, 0.2) is 4.99 Å². The molecule has 3 N–H and O–H groups in total. The van der Waals surface area contributed by atoms with E-state index in [9.17, 15) is 0 Å². The molecule has 4 nitrogen and oxygen atoms in total. The van der Waals surface area contributed by atoms with Crippen molar-refractivity contribution in [2.75, 3.05) is 26.2 Å². The molecule has 1 atom stereocenters. The number of nitrogens with zero attached hydrogens (tertiary/aromatic N) is 2. The SMILES string of the molecule is CCCNC(N)=NCC(CC(C)C)N1CCCC1. The molecular formula is C14H30N4. The highest BCUT2D eigenvalue weighted by atomic mass is 15.2. The predicted octanol–water partition coefficient (Wildman–Crippen LogP) is 1.81. The molecule has 18 heavy (non-hydrogen) atoms. The summed E-state index contributed by atoms with van der Waals surface area (Å²) in [6.45, 7) is 10.9. The molecule has 0 radical (unpaired) electrons. The standard InChI is InChI=1S/C14H30N4/c1-4-7-16-14(15)17-11-13(10-12(2)3)18-8-5-6-9-18/h12-13H,4-11H2,1-3H3,(H3,15,16,17). The third-order valence-electron chi connectivity index (χ3n) is 3.43. The van der Waals surface area contributed by atoms with Crippen molar-refractivity contribution in [1.82, 2.24) is 10.2 Å². The summed E-state index contributed by atoms with van der Waals surface area (Å²) in [5, 5.41) is 3.14. The molecule has 0 saturated carbocycles. The van der Waals surface area contributed by atoms with Crippen LogP contribution >= 0.6 is 0 Å². The monoisotopic (exact) mass is 254 g/mol. The quantitative estimate of drug-likeness (QED) is 0.538. The van der Waals surface area contributed by atoms with Crippen LogP contribution in [0.5, 0.6) is 0 Å². The molecule has 4 heteroatoms. The number of nitrogens with one attached hydrogen (secondary N) is 1. The van der Waals surface area contributed by atoms with Crippen LogP contribution in [0.4, 0.5) is 0 Å². The summed E-state index contributed by atoms with van der Waals surface area (Å²) in [4.78, 5) is 7.08. The highest BCUT2D eigenvalue weighted by Gasteiger charge is 2.22. The van der Waals surface area contributed by atoms with Crippen molar-refractivity contribution in [1.29, 1.82) is 0 Å². The maximum absolute atomic E-state index is 5.86. The molecule has 0 amide bonds. The van der Waals surface area contributed by atoms with Gasteiger partial charge in [-0.05, 0) is 44.7 Å². The lowest BCUT2D eigenvalue weighted by molar-refractivity contribution is 0.218. The molecule has 1 heterocycles. The minimum atomic E-state index is 0.564. The van der Waals surface area contributed by atoms with Gasteiger partial charge in [-0.25, -0.2) is 0 Å². The van der Waals surface area contributed by atoms with E-state index in [1.807, 2.05) is 0 Å². The predicted molar refractivity (Wildman–Crippen MR) is 78.8 cm³/mol. The lowest BCUT2D eigenvalue weighted by Gasteiger charge is -2.27. The minimum absolute atomic E-state index is 0.564. The fourth-order valence-electron chi connectivity index (χ4n) is 2.50. The van der Waals surface area contributed by atoms with Gasteiger partial charge in [0, 0.05) is 12.6 Å². The Kier molecular flexibility index (Phi) is 7.09. The first-order chi connectivity index (χ1) is 8.63. The molecule has 0 aromatic carbocycles. The second-order valence-corrected chi connectivity index (χ2v) is 5.68. The molecule has 1 aliphatic rings. The van der Waals surface area contributed by atoms with Crippen molar-refractivity contribution >= 4 is 5.96 Å². The molecule has 1 fully saturated rings. The first-order valence-corrected chi connectivity index (χ1v) is 7.41. The zero-order chi connectivity index (χ0) is 13.4. The maximum atomic E-state index is 5.86. The van der Waals surface area contributed by atoms with Crippen LogP contribution < -0.4 is 11.1 Å². The molecule has 0 bridgehead atoms. The van der Waals surface area contributed by atoms with Crippen LogP contribution in [-0.4, -0.2) is 43.1 Å². The Bertz CT molecular complexity index is 244. The third kappa shape index (κ3) is 5.71. The number of hydrogen-bond donors (Lipinski definition) is 2. The number of likely N-dealkylation sites (tertiary alicyclic amines) is 1. The number of nitrogens with two attached hydrogens (primary N) is 1. The van der Waals surface area contributed by atoms with Gasteiger partial charge < -0.3 is 11.1 Å². The van der Waals surface area contributed by atoms with E-state index in [0.29, 0.717) is 12.0 Å². The van der Waals surface area contributed by atoms with E-state index in [4.69, 9.17) is 5.73 Å². The fourth-order valence-corrected chi connectivity index (χ4v) is 2.50. The van der Waals surface area contributed by atoms with Gasteiger partial charge in [-0.15, -0.1) is 0 Å². The molecule has 1 rings (SSSR count). The zero-order valence-electron chi connectivity index (χ0n) is 12.3. The van der Waals surface area contributed by atoms with Crippen molar-refractivity contribution in [2.24, 2.45) is 16.6 Å². The normalized spacial score (nSPS) is 19.4. The van der Waals surface area contributed by atoms with E-state index < -0.39 is 0 Å². The van der Waals surface area contributed by atoms with Gasteiger partial charge in [-0.1, -0.05) is 20.8 Å². The largest absolute Gasteiger partial charge is 0.370 e. The van der Waals surface area contributed by atoms with Gasteiger partial charge in [0.1, 0.15) is 0 Å². The van der Waals surface area contributed by atoms with E-state index in [2.05, 4.69) is 36.0 Å². The topological polar surface area (TPSA) is 53.6 Å². The van der Waals surface area contributed by atoms with Crippen LogP contribution in [0.1, 0.15) is 46.5 Å². The number of rotatable bonds is 7. The molecule has 0 aromatic heterocycles. The summed E-state index contributed by atoms with van der Waals surface area (Å²) in [6.07, 6.45) is 4.96. The van der Waals surface area contributed by atoms with Crippen LogP contribution in [0.2, 0.25) is 0 Å². The second-order valence-electron chi connectivity index (χ2n) is 5.68. The van der Waals surface area contributed by atoms with Gasteiger partial charge in [0.05, 0.1) is 6.54 Å². The van der Waals surface area contributed by atoms with Crippen LogP contribution in [-0.2, 0) is 0 Å². The molecule has 1 saturated heterocycles. The fraction of sp³-hybridized carbons (Fsp3) is 0.929. The Labute approximate surface area is 112 Å². The molecular weight excluding hydrogens is 224 g/mol. The summed E-state index contributed by atoms with van der Waals surface area (Å²) in [5.41, 5.74) is 5.86. The van der Waals surface area contributed by atoms with Gasteiger partial charge in [-0.2, -0.15) is 0 Å². The van der Waals surface area contributed by atoms with E-state index in [0.717, 1.165) is 25.4 Å². The highest BCUT2D eigenvalue weighted by Crippen LogP contribution is 2.17. The summed E-state index contributed by atoms with van der Waals surface area (Å²) in [7, 11) is 0. The third-order valence-corrected chi connectivity index (χ3v) is 3.43. The Morgan fingerprint density at radius 1 is 1.33 bits per heavy atom. The molecule has 0 aliphatic carbocycles. The summed E-state index contributed by atoms with van der Waals surface area (Å²) in [5.74, 6) is 1.32.